The van der Waals surface area contributed by atoms with Crippen molar-refractivity contribution >= 4 is 23.2 Å². The zero-order valence-corrected chi connectivity index (χ0v) is 12.3. The van der Waals surface area contributed by atoms with E-state index in [0.29, 0.717) is 23.1 Å². The van der Waals surface area contributed by atoms with Gasteiger partial charge in [0.25, 0.3) is 0 Å². The molecule has 0 bridgehead atoms. The van der Waals surface area contributed by atoms with Crippen molar-refractivity contribution in [3.8, 4) is 0 Å². The average molecular weight is 304 g/mol. The van der Waals surface area contributed by atoms with Crippen LogP contribution in [0.5, 0.6) is 0 Å². The Morgan fingerprint density at radius 1 is 1.24 bits per heavy atom. The summed E-state index contributed by atoms with van der Waals surface area (Å²) in [6.45, 7) is 2.44. The normalized spacial score (nSPS) is 18.0. The zero-order valence-electron chi connectivity index (χ0n) is 11.6. The largest absolute Gasteiger partial charge is 0.369 e. The monoisotopic (exact) mass is 303 g/mol. The summed E-state index contributed by atoms with van der Waals surface area (Å²) < 4.78 is 14.2. The second-order valence-corrected chi connectivity index (χ2v) is 5.52. The van der Waals surface area contributed by atoms with Crippen molar-refractivity contribution in [2.45, 2.75) is 13.0 Å². The molecule has 1 heterocycles. The molecule has 0 aliphatic carbocycles. The molecule has 0 saturated heterocycles. The molecule has 0 spiro atoms. The van der Waals surface area contributed by atoms with E-state index in [1.807, 2.05) is 36.1 Å². The van der Waals surface area contributed by atoms with Gasteiger partial charge in [-0.1, -0.05) is 35.4 Å². The maximum atomic E-state index is 14.2. The number of halogens is 2. The van der Waals surface area contributed by atoms with Gasteiger partial charge in [-0.2, -0.15) is 0 Å². The van der Waals surface area contributed by atoms with Crippen LogP contribution in [0.2, 0.25) is 5.02 Å². The summed E-state index contributed by atoms with van der Waals surface area (Å²) in [6.07, 6.45) is 0. The molecule has 2 aromatic rings. The minimum Gasteiger partial charge on any atom is -0.369 e. The lowest BCUT2D eigenvalue weighted by molar-refractivity contribution is 0.589. The highest BCUT2D eigenvalue weighted by atomic mass is 35.5. The number of rotatable bonds is 2. The van der Waals surface area contributed by atoms with E-state index in [-0.39, 0.29) is 11.9 Å². The van der Waals surface area contributed by atoms with Gasteiger partial charge in [-0.15, -0.1) is 0 Å². The molecule has 0 fully saturated rings. The molecule has 3 nitrogen and oxygen atoms in total. The summed E-state index contributed by atoms with van der Waals surface area (Å²) in [6, 6.07) is 12.4. The second kappa shape index (κ2) is 5.37. The number of anilines is 1. The fourth-order valence-corrected chi connectivity index (χ4v) is 2.68. The van der Waals surface area contributed by atoms with E-state index in [2.05, 4.69) is 4.99 Å². The van der Waals surface area contributed by atoms with Crippen molar-refractivity contribution < 1.29 is 4.39 Å². The molecule has 5 heteroatoms. The molecule has 0 radical (unpaired) electrons. The van der Waals surface area contributed by atoms with Crippen molar-refractivity contribution in [2.75, 3.05) is 11.4 Å². The predicted octanol–water partition coefficient (Wildman–Crippen LogP) is 3.66. The number of aryl methyl sites for hydroxylation is 1. The molecule has 2 aromatic carbocycles. The Morgan fingerprint density at radius 2 is 1.95 bits per heavy atom. The van der Waals surface area contributed by atoms with Crippen molar-refractivity contribution in [2.24, 2.45) is 10.7 Å². The number of guanidine groups is 1. The first kappa shape index (κ1) is 13.9. The van der Waals surface area contributed by atoms with Crippen LogP contribution in [0.25, 0.3) is 0 Å². The maximum absolute atomic E-state index is 14.2. The molecular weight excluding hydrogens is 289 g/mol. The highest BCUT2D eigenvalue weighted by molar-refractivity contribution is 6.30. The first-order valence-electron chi connectivity index (χ1n) is 6.67. The summed E-state index contributed by atoms with van der Waals surface area (Å²) in [7, 11) is 0. The van der Waals surface area contributed by atoms with Crippen LogP contribution in [0.1, 0.15) is 17.2 Å². The summed E-state index contributed by atoms with van der Waals surface area (Å²) in [4.78, 5) is 6.11. The van der Waals surface area contributed by atoms with Gasteiger partial charge < -0.3 is 10.6 Å². The van der Waals surface area contributed by atoms with E-state index < -0.39 is 0 Å². The van der Waals surface area contributed by atoms with Crippen LogP contribution in [0.3, 0.4) is 0 Å². The maximum Gasteiger partial charge on any atom is 0.196 e. The summed E-state index contributed by atoms with van der Waals surface area (Å²) in [5.41, 5.74) is 8.59. The van der Waals surface area contributed by atoms with E-state index in [1.54, 1.807) is 12.1 Å². The average Bonchev–Trinajstić information content (AvgIpc) is 2.82. The van der Waals surface area contributed by atoms with Crippen LogP contribution >= 0.6 is 11.6 Å². The molecule has 1 aliphatic heterocycles. The number of nitrogens with zero attached hydrogens (tertiary/aromatic N) is 2. The Kier molecular flexibility index (Phi) is 3.55. The van der Waals surface area contributed by atoms with E-state index in [9.17, 15) is 4.39 Å². The van der Waals surface area contributed by atoms with E-state index in [1.165, 1.54) is 6.07 Å². The Morgan fingerprint density at radius 3 is 2.62 bits per heavy atom. The third-order valence-corrected chi connectivity index (χ3v) is 3.85. The van der Waals surface area contributed by atoms with Crippen LogP contribution in [0, 0.1) is 12.7 Å². The van der Waals surface area contributed by atoms with Gasteiger partial charge >= 0.3 is 0 Å². The van der Waals surface area contributed by atoms with Crippen LogP contribution in [-0.4, -0.2) is 12.5 Å². The number of nitrogens with two attached hydrogens (primary N) is 1. The highest BCUT2D eigenvalue weighted by Crippen LogP contribution is 2.33. The molecule has 0 saturated carbocycles. The molecule has 0 aromatic heterocycles. The van der Waals surface area contributed by atoms with E-state index >= 15 is 0 Å². The second-order valence-electron chi connectivity index (χ2n) is 5.09. The number of hydrogen-bond acceptors (Lipinski definition) is 3. The lowest BCUT2D eigenvalue weighted by Crippen LogP contribution is -2.36. The SMILES string of the molecule is Cc1ccc(N2C(N)=NCC2c2ccc(Cl)cc2F)cc1. The lowest BCUT2D eigenvalue weighted by Gasteiger charge is -2.27. The predicted molar refractivity (Wildman–Crippen MR) is 84.3 cm³/mol. The molecule has 3 rings (SSSR count). The van der Waals surface area contributed by atoms with Gasteiger partial charge in [0.2, 0.25) is 0 Å². The number of benzene rings is 2. The van der Waals surface area contributed by atoms with Gasteiger partial charge in [0.15, 0.2) is 5.96 Å². The molecule has 21 heavy (non-hydrogen) atoms. The molecule has 1 atom stereocenters. The topological polar surface area (TPSA) is 41.6 Å². The summed E-state index contributed by atoms with van der Waals surface area (Å²) in [5.74, 6) is 0.0627. The number of hydrogen-bond donors (Lipinski definition) is 1. The standard InChI is InChI=1S/C16H15ClFN3/c1-10-2-5-12(6-3-10)21-15(9-20-16(21)19)13-7-4-11(17)8-14(13)18/h2-8,15H,9H2,1H3,(H2,19,20). The zero-order chi connectivity index (χ0) is 15.0. The van der Waals surface area contributed by atoms with Crippen LogP contribution in [0.4, 0.5) is 10.1 Å². The minimum atomic E-state index is -0.338. The van der Waals surface area contributed by atoms with E-state index in [4.69, 9.17) is 17.3 Å². The first-order valence-corrected chi connectivity index (χ1v) is 7.05. The lowest BCUT2D eigenvalue weighted by atomic mass is 10.0. The fourth-order valence-electron chi connectivity index (χ4n) is 2.52. The smallest absolute Gasteiger partial charge is 0.196 e. The molecule has 1 aliphatic rings. The van der Waals surface area contributed by atoms with Gasteiger partial charge in [0.05, 0.1) is 12.6 Å². The molecule has 1 unspecified atom stereocenters. The highest BCUT2D eigenvalue weighted by Gasteiger charge is 2.30. The van der Waals surface area contributed by atoms with Gasteiger partial charge in [0.1, 0.15) is 5.82 Å². The van der Waals surface area contributed by atoms with Gasteiger partial charge in [-0.05, 0) is 31.2 Å². The summed E-state index contributed by atoms with van der Waals surface area (Å²) in [5, 5.41) is 0.380. The number of aliphatic imine (C=N–C) groups is 1. The third-order valence-electron chi connectivity index (χ3n) is 3.62. The van der Waals surface area contributed by atoms with Crippen LogP contribution in [-0.2, 0) is 0 Å². The molecule has 0 amide bonds. The van der Waals surface area contributed by atoms with Crippen molar-refractivity contribution in [3.63, 3.8) is 0 Å². The Labute approximate surface area is 127 Å². The van der Waals surface area contributed by atoms with Crippen molar-refractivity contribution in [1.82, 2.24) is 0 Å². The third kappa shape index (κ3) is 2.59. The molecule has 108 valence electrons. The Hall–Kier alpha value is -2.07. The van der Waals surface area contributed by atoms with Crippen LogP contribution < -0.4 is 10.6 Å². The van der Waals surface area contributed by atoms with E-state index in [0.717, 1.165) is 11.3 Å². The van der Waals surface area contributed by atoms with Gasteiger partial charge in [-0.25, -0.2) is 4.39 Å². The van der Waals surface area contributed by atoms with Crippen LogP contribution in [0.15, 0.2) is 47.5 Å². The van der Waals surface area contributed by atoms with Gasteiger partial charge in [0, 0.05) is 16.3 Å². The Bertz CT molecular complexity index is 697. The summed E-state index contributed by atoms with van der Waals surface area (Å²) >= 11 is 5.82. The fraction of sp³-hybridized carbons (Fsp3) is 0.188. The molecular formula is C16H15ClFN3. The Balaban J connectivity index is 2.00. The molecule has 2 N–H and O–H groups in total. The van der Waals surface area contributed by atoms with Crippen molar-refractivity contribution in [1.29, 1.82) is 0 Å². The first-order chi connectivity index (χ1) is 10.1. The minimum absolute atomic E-state index is 0.245. The van der Waals surface area contributed by atoms with Crippen molar-refractivity contribution in [3.05, 3.63) is 64.4 Å². The quantitative estimate of drug-likeness (QED) is 0.920. The van der Waals surface area contributed by atoms with Gasteiger partial charge in [-0.3, -0.25) is 4.99 Å².